The molecule has 3 aromatic rings. The summed E-state index contributed by atoms with van der Waals surface area (Å²) in [4.78, 5) is 42.3. The van der Waals surface area contributed by atoms with Crippen LogP contribution in [0.25, 0.3) is 0 Å². The van der Waals surface area contributed by atoms with Crippen molar-refractivity contribution < 1.29 is 33.3 Å². The molecule has 0 spiro atoms. The Kier molecular flexibility index (Phi) is 7.62. The molecule has 0 aromatic heterocycles. The van der Waals surface area contributed by atoms with Gasteiger partial charge in [-0.25, -0.2) is 0 Å². The fourth-order valence-corrected chi connectivity index (χ4v) is 4.24. The van der Waals surface area contributed by atoms with Crippen molar-refractivity contribution in [3.63, 3.8) is 0 Å². The summed E-state index contributed by atoms with van der Waals surface area (Å²) in [5, 5.41) is 0. The molecule has 0 saturated heterocycles. The molecule has 3 amide bonds. The van der Waals surface area contributed by atoms with Gasteiger partial charge in [-0.1, -0.05) is 12.1 Å². The summed E-state index contributed by atoms with van der Waals surface area (Å²) < 4.78 is 21.7. The summed E-state index contributed by atoms with van der Waals surface area (Å²) in [6.45, 7) is 2.47. The fraction of sp³-hybridized carbons (Fsp3) is 0.250. The van der Waals surface area contributed by atoms with E-state index in [4.69, 9.17) is 18.9 Å². The van der Waals surface area contributed by atoms with Crippen LogP contribution in [0, 0.1) is 0 Å². The van der Waals surface area contributed by atoms with Gasteiger partial charge in [-0.2, -0.15) is 0 Å². The second kappa shape index (κ2) is 11.0. The van der Waals surface area contributed by atoms with Crippen LogP contribution in [0.4, 0.5) is 5.69 Å². The highest BCUT2D eigenvalue weighted by atomic mass is 16.5. The van der Waals surface area contributed by atoms with Crippen LogP contribution in [0.2, 0.25) is 0 Å². The molecule has 0 unspecified atom stereocenters. The molecule has 0 atom stereocenters. The van der Waals surface area contributed by atoms with E-state index >= 15 is 0 Å². The number of carbonyl (C=O) groups excluding carboxylic acids is 3. The summed E-state index contributed by atoms with van der Waals surface area (Å²) in [5.74, 6) is 0.543. The van der Waals surface area contributed by atoms with Gasteiger partial charge in [-0.05, 0) is 55.5 Å². The van der Waals surface area contributed by atoms with Gasteiger partial charge in [0.1, 0.15) is 5.75 Å². The third kappa shape index (κ3) is 4.93. The van der Waals surface area contributed by atoms with Gasteiger partial charge in [0.05, 0.1) is 39.1 Å². The number of amides is 3. The van der Waals surface area contributed by atoms with E-state index in [2.05, 4.69) is 0 Å². The van der Waals surface area contributed by atoms with Crippen LogP contribution in [0.15, 0.2) is 60.7 Å². The molecule has 0 bridgehead atoms. The Morgan fingerprint density at radius 1 is 0.838 bits per heavy atom. The average Bonchev–Trinajstić information content (AvgIpc) is 3.18. The van der Waals surface area contributed by atoms with Crippen molar-refractivity contribution >= 4 is 23.4 Å². The second-order valence-corrected chi connectivity index (χ2v) is 8.11. The predicted molar refractivity (Wildman–Crippen MR) is 137 cm³/mol. The van der Waals surface area contributed by atoms with Gasteiger partial charge in [-0.3, -0.25) is 19.3 Å². The van der Waals surface area contributed by atoms with Crippen LogP contribution in [-0.2, 0) is 0 Å². The highest BCUT2D eigenvalue weighted by Crippen LogP contribution is 2.39. The van der Waals surface area contributed by atoms with Crippen LogP contribution in [-0.4, -0.2) is 63.6 Å². The summed E-state index contributed by atoms with van der Waals surface area (Å²) >= 11 is 0. The lowest BCUT2D eigenvalue weighted by Gasteiger charge is -2.26. The van der Waals surface area contributed by atoms with E-state index in [1.54, 1.807) is 60.7 Å². The van der Waals surface area contributed by atoms with Gasteiger partial charge < -0.3 is 23.8 Å². The van der Waals surface area contributed by atoms with Gasteiger partial charge in [0.2, 0.25) is 5.75 Å². The van der Waals surface area contributed by atoms with Gasteiger partial charge >= 0.3 is 0 Å². The van der Waals surface area contributed by atoms with E-state index in [0.29, 0.717) is 46.4 Å². The lowest BCUT2D eigenvalue weighted by molar-refractivity contribution is 0.0654. The predicted octanol–water partition coefficient (Wildman–Crippen LogP) is 4.05. The Morgan fingerprint density at radius 2 is 1.41 bits per heavy atom. The largest absolute Gasteiger partial charge is 0.494 e. The van der Waals surface area contributed by atoms with E-state index in [1.165, 1.54) is 26.2 Å². The number of rotatable bonds is 10. The zero-order chi connectivity index (χ0) is 26.5. The average molecular weight is 505 g/mol. The quantitative estimate of drug-likeness (QED) is 0.385. The van der Waals surface area contributed by atoms with Crippen LogP contribution < -0.4 is 23.8 Å². The molecule has 1 aliphatic heterocycles. The van der Waals surface area contributed by atoms with Gasteiger partial charge in [-0.15, -0.1) is 0 Å². The summed E-state index contributed by atoms with van der Waals surface area (Å²) in [7, 11) is 4.42. The minimum Gasteiger partial charge on any atom is -0.494 e. The van der Waals surface area contributed by atoms with Crippen molar-refractivity contribution in [3.05, 3.63) is 77.4 Å². The maximum absolute atomic E-state index is 13.8. The van der Waals surface area contributed by atoms with Crippen molar-refractivity contribution in [1.29, 1.82) is 0 Å². The number of hydrogen-bond donors (Lipinski definition) is 0. The molecule has 3 aromatic carbocycles. The molecule has 0 N–H and O–H groups in total. The molecular weight excluding hydrogens is 476 g/mol. The molecule has 1 heterocycles. The van der Waals surface area contributed by atoms with E-state index in [1.807, 2.05) is 6.92 Å². The second-order valence-electron chi connectivity index (χ2n) is 8.11. The maximum Gasteiger partial charge on any atom is 0.261 e. The molecule has 0 aliphatic carbocycles. The molecule has 1 aliphatic rings. The van der Waals surface area contributed by atoms with Crippen molar-refractivity contribution in [3.8, 4) is 23.0 Å². The number of carbonyl (C=O) groups is 3. The number of benzene rings is 3. The van der Waals surface area contributed by atoms with Gasteiger partial charge in [0.15, 0.2) is 11.5 Å². The lowest BCUT2D eigenvalue weighted by atomic mass is 10.1. The normalized spacial score (nSPS) is 12.3. The maximum atomic E-state index is 13.8. The topological polar surface area (TPSA) is 94.6 Å². The standard InChI is InChI=1S/C28H28N2O7/c1-5-37-20-12-10-19(11-13-20)29(14-15-30-27(32)21-8-6-7-9-22(21)28(30)33)26(31)18-16-23(34-2)25(36-4)24(17-18)35-3/h6-13,16-17H,5,14-15H2,1-4H3. The lowest BCUT2D eigenvalue weighted by Crippen LogP contribution is -2.41. The van der Waals surface area contributed by atoms with E-state index in [-0.39, 0.29) is 36.4 Å². The zero-order valence-corrected chi connectivity index (χ0v) is 21.1. The molecule has 192 valence electrons. The Hall–Kier alpha value is -4.53. The monoisotopic (exact) mass is 504 g/mol. The Morgan fingerprint density at radius 3 is 1.89 bits per heavy atom. The third-order valence-corrected chi connectivity index (χ3v) is 6.04. The number of fused-ring (bicyclic) bond motifs is 1. The smallest absolute Gasteiger partial charge is 0.261 e. The molecule has 9 heteroatoms. The Balaban J connectivity index is 1.67. The molecule has 0 fully saturated rings. The van der Waals surface area contributed by atoms with Crippen LogP contribution in [0.1, 0.15) is 38.0 Å². The van der Waals surface area contributed by atoms with Crippen molar-refractivity contribution in [1.82, 2.24) is 4.90 Å². The van der Waals surface area contributed by atoms with Crippen LogP contribution >= 0.6 is 0 Å². The summed E-state index contributed by atoms with van der Waals surface area (Å²) in [5.41, 5.74) is 1.57. The molecule has 0 radical (unpaired) electrons. The minimum atomic E-state index is -0.382. The summed E-state index contributed by atoms with van der Waals surface area (Å²) in [6.07, 6.45) is 0. The van der Waals surface area contributed by atoms with Crippen LogP contribution in [0.3, 0.4) is 0 Å². The summed E-state index contributed by atoms with van der Waals surface area (Å²) in [6, 6.07) is 16.8. The highest BCUT2D eigenvalue weighted by molar-refractivity contribution is 6.21. The van der Waals surface area contributed by atoms with E-state index in [0.717, 1.165) is 4.90 Å². The van der Waals surface area contributed by atoms with Gasteiger partial charge in [0.25, 0.3) is 17.7 Å². The molecular formula is C28H28N2O7. The first-order valence-electron chi connectivity index (χ1n) is 11.7. The minimum absolute atomic E-state index is 0.00965. The first kappa shape index (κ1) is 25.6. The number of nitrogens with zero attached hydrogens (tertiary/aromatic N) is 2. The van der Waals surface area contributed by atoms with Gasteiger partial charge in [0, 0.05) is 24.3 Å². The third-order valence-electron chi connectivity index (χ3n) is 6.04. The van der Waals surface area contributed by atoms with Crippen molar-refractivity contribution in [2.24, 2.45) is 0 Å². The molecule has 0 saturated carbocycles. The molecule has 37 heavy (non-hydrogen) atoms. The first-order chi connectivity index (χ1) is 17.9. The van der Waals surface area contributed by atoms with Crippen molar-refractivity contribution in [2.75, 3.05) is 45.9 Å². The number of hydrogen-bond acceptors (Lipinski definition) is 7. The highest BCUT2D eigenvalue weighted by Gasteiger charge is 2.35. The number of ether oxygens (including phenoxy) is 4. The Bertz CT molecular complexity index is 1260. The number of methoxy groups -OCH3 is 3. The van der Waals surface area contributed by atoms with E-state index < -0.39 is 0 Å². The van der Waals surface area contributed by atoms with Crippen molar-refractivity contribution in [2.45, 2.75) is 6.92 Å². The number of anilines is 1. The number of imide groups is 1. The molecule has 9 nitrogen and oxygen atoms in total. The zero-order valence-electron chi connectivity index (χ0n) is 21.1. The Labute approximate surface area is 215 Å². The molecule has 4 rings (SSSR count). The SMILES string of the molecule is CCOc1ccc(N(CCN2C(=O)c3ccccc3C2=O)C(=O)c2cc(OC)c(OC)c(OC)c2)cc1. The fourth-order valence-electron chi connectivity index (χ4n) is 4.24. The van der Waals surface area contributed by atoms with E-state index in [9.17, 15) is 14.4 Å². The first-order valence-corrected chi connectivity index (χ1v) is 11.7. The van der Waals surface area contributed by atoms with Crippen LogP contribution in [0.5, 0.6) is 23.0 Å².